The fourth-order valence-corrected chi connectivity index (χ4v) is 4.55. The van der Waals surface area contributed by atoms with Crippen molar-refractivity contribution in [1.82, 2.24) is 15.5 Å². The smallest absolute Gasteiger partial charge is 0.381 e. The summed E-state index contributed by atoms with van der Waals surface area (Å²) in [7, 11) is 0. The highest BCUT2D eigenvalue weighted by Gasteiger charge is 2.38. The van der Waals surface area contributed by atoms with Gasteiger partial charge in [-0.15, -0.1) is 0 Å². The minimum Gasteiger partial charge on any atom is -0.381 e. The maximum Gasteiger partial charge on any atom is 0.416 e. The average Bonchev–Trinajstić information content (AvgIpc) is 3.40. The molecular weight excluding hydrogens is 539 g/mol. The molecule has 0 fully saturated rings. The number of aliphatic hydroxyl groups excluding tert-OH is 2. The monoisotopic (exact) mass is 593 g/mol. The van der Waals surface area contributed by atoms with Crippen LogP contribution in [0.4, 0.5) is 13.2 Å². The number of alkyl halides is 3. The van der Waals surface area contributed by atoms with E-state index in [-0.39, 0.29) is 6.73 Å². The summed E-state index contributed by atoms with van der Waals surface area (Å²) in [5.41, 5.74) is 1.46. The molecule has 0 aromatic heterocycles. The first-order valence-electron chi connectivity index (χ1n) is 15.1. The minimum absolute atomic E-state index is 0.114. The molecule has 1 aromatic rings. The molecule has 1 heterocycles. The largest absolute Gasteiger partial charge is 0.416 e. The van der Waals surface area contributed by atoms with E-state index < -0.39 is 18.0 Å². The third kappa shape index (κ3) is 16.2. The third-order valence-corrected chi connectivity index (χ3v) is 6.69. The van der Waals surface area contributed by atoms with Crippen molar-refractivity contribution in [3.05, 3.63) is 95.6 Å². The Morgan fingerprint density at radius 3 is 2.14 bits per heavy atom. The van der Waals surface area contributed by atoms with Crippen molar-refractivity contribution in [1.29, 1.82) is 0 Å². The Hall–Kier alpha value is -2.49. The van der Waals surface area contributed by atoms with E-state index in [9.17, 15) is 18.3 Å². The molecule has 8 heteroatoms. The SMILES string of the molecule is C=C/C(=C\C=C\C(CCC)CCN1CC(CC)=C(/C(=C\C)C(F)(F)F)C1)C(O)NCCNCO.CC.c1ccccc1. The van der Waals surface area contributed by atoms with Crippen LogP contribution in [0.5, 0.6) is 0 Å². The van der Waals surface area contributed by atoms with Gasteiger partial charge in [-0.3, -0.25) is 15.5 Å². The highest BCUT2D eigenvalue weighted by atomic mass is 19.4. The summed E-state index contributed by atoms with van der Waals surface area (Å²) in [6, 6.07) is 12.0. The van der Waals surface area contributed by atoms with Gasteiger partial charge in [-0.1, -0.05) is 113 Å². The first-order chi connectivity index (χ1) is 20.2. The van der Waals surface area contributed by atoms with E-state index >= 15 is 0 Å². The molecule has 2 unspecified atom stereocenters. The van der Waals surface area contributed by atoms with E-state index in [4.69, 9.17) is 5.11 Å². The fourth-order valence-electron chi connectivity index (χ4n) is 4.55. The highest BCUT2D eigenvalue weighted by Crippen LogP contribution is 2.36. The first kappa shape index (κ1) is 39.5. The summed E-state index contributed by atoms with van der Waals surface area (Å²) in [5.74, 6) is 0.295. The van der Waals surface area contributed by atoms with Gasteiger partial charge in [0.15, 0.2) is 0 Å². The lowest BCUT2D eigenvalue weighted by molar-refractivity contribution is -0.0897. The number of nitrogens with zero attached hydrogens (tertiary/aromatic N) is 1. The van der Waals surface area contributed by atoms with Gasteiger partial charge in [0.05, 0.1) is 12.3 Å². The van der Waals surface area contributed by atoms with E-state index in [1.807, 2.05) is 69.3 Å². The molecule has 42 heavy (non-hydrogen) atoms. The van der Waals surface area contributed by atoms with Crippen LogP contribution in [0.25, 0.3) is 0 Å². The van der Waals surface area contributed by atoms with E-state index in [0.29, 0.717) is 49.7 Å². The molecule has 0 spiro atoms. The number of rotatable bonds is 16. The highest BCUT2D eigenvalue weighted by molar-refractivity contribution is 5.42. The first-order valence-corrected chi connectivity index (χ1v) is 15.1. The van der Waals surface area contributed by atoms with Crippen LogP contribution in [0.15, 0.2) is 95.6 Å². The normalized spacial score (nSPS) is 16.0. The molecule has 2 rings (SSSR count). The zero-order chi connectivity index (χ0) is 31.8. The van der Waals surface area contributed by atoms with Crippen LogP contribution >= 0.6 is 0 Å². The topological polar surface area (TPSA) is 67.8 Å². The van der Waals surface area contributed by atoms with Crippen LogP contribution in [-0.2, 0) is 0 Å². The van der Waals surface area contributed by atoms with E-state index in [1.165, 1.54) is 13.0 Å². The zero-order valence-corrected chi connectivity index (χ0v) is 26.3. The maximum absolute atomic E-state index is 13.4. The second-order valence-electron chi connectivity index (χ2n) is 9.61. The van der Waals surface area contributed by atoms with Crippen molar-refractivity contribution in [3.63, 3.8) is 0 Å². The molecule has 5 nitrogen and oxygen atoms in total. The van der Waals surface area contributed by atoms with Crippen molar-refractivity contribution < 1.29 is 23.4 Å². The van der Waals surface area contributed by atoms with Gasteiger partial charge in [-0.25, -0.2) is 0 Å². The van der Waals surface area contributed by atoms with Gasteiger partial charge >= 0.3 is 6.18 Å². The lowest BCUT2D eigenvalue weighted by atomic mass is 9.98. The van der Waals surface area contributed by atoms with Crippen molar-refractivity contribution in [2.24, 2.45) is 5.92 Å². The summed E-state index contributed by atoms with van der Waals surface area (Å²) in [6.45, 7) is 15.8. The van der Waals surface area contributed by atoms with Crippen LogP contribution in [0.2, 0.25) is 0 Å². The van der Waals surface area contributed by atoms with Gasteiger partial charge in [-0.05, 0) is 49.8 Å². The van der Waals surface area contributed by atoms with Crippen LogP contribution in [0.3, 0.4) is 0 Å². The van der Waals surface area contributed by atoms with Crippen molar-refractivity contribution >= 4 is 0 Å². The van der Waals surface area contributed by atoms with Gasteiger partial charge in [0.25, 0.3) is 0 Å². The zero-order valence-electron chi connectivity index (χ0n) is 26.3. The molecule has 0 saturated heterocycles. The second kappa shape index (κ2) is 24.0. The lowest BCUT2D eigenvalue weighted by Gasteiger charge is -2.20. The quantitative estimate of drug-likeness (QED) is 0.0931. The number of nitrogens with one attached hydrogen (secondary N) is 2. The number of halogens is 3. The molecule has 0 aliphatic carbocycles. The molecule has 0 bridgehead atoms. The molecule has 1 aliphatic heterocycles. The Morgan fingerprint density at radius 2 is 1.67 bits per heavy atom. The van der Waals surface area contributed by atoms with Gasteiger partial charge in [0, 0.05) is 26.2 Å². The summed E-state index contributed by atoms with van der Waals surface area (Å²) in [5, 5.41) is 24.7. The maximum atomic E-state index is 13.4. The molecule has 1 aliphatic rings. The third-order valence-electron chi connectivity index (χ3n) is 6.69. The Labute approximate surface area is 252 Å². The van der Waals surface area contributed by atoms with E-state index in [0.717, 1.165) is 31.4 Å². The molecular formula is C34H54F3N3O2. The predicted molar refractivity (Wildman–Crippen MR) is 171 cm³/mol. The summed E-state index contributed by atoms with van der Waals surface area (Å²) in [4.78, 5) is 2.11. The van der Waals surface area contributed by atoms with Crippen LogP contribution in [-0.4, -0.2) is 67.0 Å². The number of hydrogen-bond donors (Lipinski definition) is 4. The summed E-state index contributed by atoms with van der Waals surface area (Å²) < 4.78 is 40.3. The van der Waals surface area contributed by atoms with Crippen molar-refractivity contribution in [2.45, 2.75) is 72.7 Å². The minimum atomic E-state index is -4.32. The fraction of sp³-hybridized carbons (Fsp3) is 0.529. The molecule has 0 radical (unpaired) electrons. The van der Waals surface area contributed by atoms with Gasteiger partial charge in [-0.2, -0.15) is 13.2 Å². The molecule has 2 atom stereocenters. The Bertz CT molecular complexity index is 930. The summed E-state index contributed by atoms with van der Waals surface area (Å²) in [6.07, 6.45) is 6.92. The van der Waals surface area contributed by atoms with Gasteiger partial charge in [0.1, 0.15) is 6.23 Å². The Morgan fingerprint density at radius 1 is 1.05 bits per heavy atom. The van der Waals surface area contributed by atoms with Crippen molar-refractivity contribution in [3.8, 4) is 0 Å². The van der Waals surface area contributed by atoms with Gasteiger partial charge in [0.2, 0.25) is 0 Å². The number of aliphatic hydroxyl groups is 2. The Kier molecular flexibility index (Phi) is 22.6. The van der Waals surface area contributed by atoms with Crippen LogP contribution < -0.4 is 10.6 Å². The van der Waals surface area contributed by atoms with E-state index in [2.05, 4.69) is 35.1 Å². The molecule has 238 valence electrons. The summed E-state index contributed by atoms with van der Waals surface area (Å²) >= 11 is 0. The molecule has 0 saturated carbocycles. The number of benzene rings is 1. The standard InChI is InChI=1S/C26H42F3N3O2.C6H6.C2H6/c1-5-10-20(11-9-12-21(6-2)25(34)31-15-14-30-19-33)13-16-32-17-22(7-3)23(18-32)24(8-4)26(27,28)29;1-2-4-6-5-3-1;1-2/h6,8-9,11-12,20,25,30-31,33-34H,2,5,7,10,13-19H2,1,3-4H3;1-6H;1-2H3/b11-9+,21-12+,24-8+;;. The predicted octanol–water partition coefficient (Wildman–Crippen LogP) is 7.15. The molecule has 0 amide bonds. The Balaban J connectivity index is 0.00000182. The second-order valence-corrected chi connectivity index (χ2v) is 9.61. The number of hydrogen-bond acceptors (Lipinski definition) is 5. The number of allylic oxidation sites excluding steroid dienone is 4. The van der Waals surface area contributed by atoms with Gasteiger partial charge < -0.3 is 10.2 Å². The van der Waals surface area contributed by atoms with Crippen molar-refractivity contribution in [2.75, 3.05) is 39.5 Å². The lowest BCUT2D eigenvalue weighted by Crippen LogP contribution is -2.36. The van der Waals surface area contributed by atoms with Crippen LogP contribution in [0.1, 0.15) is 60.3 Å². The molecule has 1 aromatic carbocycles. The van der Waals surface area contributed by atoms with E-state index in [1.54, 1.807) is 6.08 Å². The molecule has 4 N–H and O–H groups in total. The average molecular weight is 594 g/mol. The van der Waals surface area contributed by atoms with Crippen LogP contribution in [0, 0.1) is 5.92 Å².